The normalized spacial score (nSPS) is 11.0. The van der Waals surface area contributed by atoms with Crippen molar-refractivity contribution in [3.63, 3.8) is 0 Å². The Bertz CT molecular complexity index is 898. The van der Waals surface area contributed by atoms with Gasteiger partial charge in [0.15, 0.2) is 4.90 Å². The van der Waals surface area contributed by atoms with Gasteiger partial charge in [0.25, 0.3) is 11.4 Å². The van der Waals surface area contributed by atoms with Crippen LogP contribution in [0.5, 0.6) is 5.75 Å². The molecule has 11 heteroatoms. The number of non-ortho nitro benzene ring substituents is 1. The third-order valence-corrected chi connectivity index (χ3v) is 4.13. The van der Waals surface area contributed by atoms with Crippen molar-refractivity contribution in [1.29, 1.82) is 0 Å². The topological polar surface area (TPSA) is 130 Å². The van der Waals surface area contributed by atoms with Crippen molar-refractivity contribution in [2.45, 2.75) is 4.90 Å². The lowest BCUT2D eigenvalue weighted by Crippen LogP contribution is -2.12. The smallest absolute Gasteiger partial charge is 0.346 e. The van der Waals surface area contributed by atoms with Crippen LogP contribution in [0.3, 0.4) is 0 Å². The van der Waals surface area contributed by atoms with Crippen molar-refractivity contribution in [1.82, 2.24) is 0 Å². The Morgan fingerprint density at radius 1 is 1.00 bits per heavy atom. The third-order valence-electron chi connectivity index (χ3n) is 2.62. The highest BCUT2D eigenvalue weighted by atomic mass is 35.5. The van der Waals surface area contributed by atoms with Gasteiger partial charge in [-0.15, -0.1) is 0 Å². The van der Waals surface area contributed by atoms with E-state index < -0.39 is 36.2 Å². The van der Waals surface area contributed by atoms with E-state index in [1.165, 1.54) is 12.1 Å². The molecule has 2 aromatic rings. The Labute approximate surface area is 134 Å². The van der Waals surface area contributed by atoms with Crippen molar-refractivity contribution >= 4 is 33.1 Å². The van der Waals surface area contributed by atoms with Crippen molar-refractivity contribution in [3.8, 4) is 5.75 Å². The van der Waals surface area contributed by atoms with Crippen molar-refractivity contribution in [2.75, 3.05) is 0 Å². The lowest BCUT2D eigenvalue weighted by Gasteiger charge is -2.07. The molecule has 0 spiro atoms. The zero-order chi connectivity index (χ0) is 17.2. The molecule has 23 heavy (non-hydrogen) atoms. The SMILES string of the molecule is O=[N+]([O-])c1cccc(OS(=O)(=O)c2cc(Cl)ccc2[N+](=O)[O-])c1. The second kappa shape index (κ2) is 6.18. The Morgan fingerprint density at radius 3 is 2.30 bits per heavy atom. The van der Waals surface area contributed by atoms with Crippen molar-refractivity contribution in [2.24, 2.45) is 0 Å². The predicted molar refractivity (Wildman–Crippen MR) is 79.0 cm³/mol. The molecule has 0 amide bonds. The van der Waals surface area contributed by atoms with Gasteiger partial charge in [0.1, 0.15) is 5.75 Å². The van der Waals surface area contributed by atoms with Gasteiger partial charge in [-0.05, 0) is 18.2 Å². The van der Waals surface area contributed by atoms with E-state index in [1.54, 1.807) is 0 Å². The number of nitro groups is 2. The standard InChI is InChI=1S/C12H7ClN2O7S/c13-8-4-5-11(15(18)19)12(6-8)23(20,21)22-10-3-1-2-9(7-10)14(16)17/h1-7H. The number of hydrogen-bond donors (Lipinski definition) is 0. The zero-order valence-corrected chi connectivity index (χ0v) is 12.7. The molecular weight excluding hydrogens is 352 g/mol. The van der Waals surface area contributed by atoms with Crippen LogP contribution < -0.4 is 4.18 Å². The molecule has 0 fully saturated rings. The van der Waals surface area contributed by atoms with Gasteiger partial charge in [-0.2, -0.15) is 8.42 Å². The summed E-state index contributed by atoms with van der Waals surface area (Å²) >= 11 is 5.67. The number of nitrogens with zero attached hydrogens (tertiary/aromatic N) is 2. The lowest BCUT2D eigenvalue weighted by atomic mass is 10.3. The summed E-state index contributed by atoms with van der Waals surface area (Å²) in [5.41, 5.74) is -1.11. The minimum absolute atomic E-state index is 0.0446. The van der Waals surface area contributed by atoms with Gasteiger partial charge in [-0.1, -0.05) is 17.7 Å². The molecule has 0 aromatic heterocycles. The molecule has 0 saturated carbocycles. The summed E-state index contributed by atoms with van der Waals surface area (Å²) in [6.07, 6.45) is 0. The van der Waals surface area contributed by atoms with Gasteiger partial charge >= 0.3 is 10.1 Å². The summed E-state index contributed by atoms with van der Waals surface area (Å²) in [5, 5.41) is 21.6. The van der Waals surface area contributed by atoms with Crippen LogP contribution in [-0.2, 0) is 10.1 Å². The minimum atomic E-state index is -4.60. The molecule has 0 aliphatic rings. The van der Waals surface area contributed by atoms with Crippen LogP contribution in [0.25, 0.3) is 0 Å². The van der Waals surface area contributed by atoms with E-state index >= 15 is 0 Å². The number of benzene rings is 2. The van der Waals surface area contributed by atoms with E-state index in [1.807, 2.05) is 0 Å². The lowest BCUT2D eigenvalue weighted by molar-refractivity contribution is -0.387. The van der Waals surface area contributed by atoms with Gasteiger partial charge in [0.05, 0.1) is 15.9 Å². The van der Waals surface area contributed by atoms with Crippen LogP contribution in [0.2, 0.25) is 5.02 Å². The third kappa shape index (κ3) is 3.73. The van der Waals surface area contributed by atoms with E-state index in [-0.39, 0.29) is 10.8 Å². The molecule has 0 aliphatic heterocycles. The molecule has 9 nitrogen and oxygen atoms in total. The van der Waals surface area contributed by atoms with E-state index in [9.17, 15) is 28.6 Å². The second-order valence-electron chi connectivity index (χ2n) is 4.16. The first-order chi connectivity index (χ1) is 10.7. The predicted octanol–water partition coefficient (Wildman–Crippen LogP) is 2.92. The van der Waals surface area contributed by atoms with Gasteiger partial charge in [-0.3, -0.25) is 20.2 Å². The van der Waals surface area contributed by atoms with E-state index in [0.29, 0.717) is 0 Å². The Kier molecular flexibility index (Phi) is 4.48. The molecule has 120 valence electrons. The number of nitro benzene ring substituents is 2. The van der Waals surface area contributed by atoms with Crippen LogP contribution in [-0.4, -0.2) is 18.3 Å². The summed E-state index contributed by atoms with van der Waals surface area (Å²) < 4.78 is 29.1. The summed E-state index contributed by atoms with van der Waals surface area (Å²) in [4.78, 5) is 19.2. The first-order valence-corrected chi connectivity index (χ1v) is 7.62. The van der Waals surface area contributed by atoms with Gasteiger partial charge in [0, 0.05) is 17.2 Å². The Balaban J connectivity index is 2.48. The molecular formula is C12H7ClN2O7S. The molecule has 0 atom stereocenters. The summed E-state index contributed by atoms with van der Waals surface area (Å²) in [6, 6.07) is 7.36. The largest absolute Gasteiger partial charge is 0.379 e. The Morgan fingerprint density at radius 2 is 1.70 bits per heavy atom. The first kappa shape index (κ1) is 16.6. The fourth-order valence-corrected chi connectivity index (χ4v) is 3.01. The Hall–Kier alpha value is -2.72. The summed E-state index contributed by atoms with van der Waals surface area (Å²) in [7, 11) is -4.60. The monoisotopic (exact) mass is 358 g/mol. The van der Waals surface area contributed by atoms with Crippen LogP contribution in [0.15, 0.2) is 47.4 Å². The fraction of sp³-hybridized carbons (Fsp3) is 0. The molecule has 0 radical (unpaired) electrons. The summed E-state index contributed by atoms with van der Waals surface area (Å²) in [5.74, 6) is -0.353. The van der Waals surface area contributed by atoms with E-state index in [0.717, 1.165) is 30.3 Å². The van der Waals surface area contributed by atoms with Crippen molar-refractivity contribution < 1.29 is 22.4 Å². The zero-order valence-electron chi connectivity index (χ0n) is 11.1. The minimum Gasteiger partial charge on any atom is -0.379 e. The average molecular weight is 359 g/mol. The maximum Gasteiger partial charge on any atom is 0.346 e. The number of rotatable bonds is 5. The maximum atomic E-state index is 12.2. The highest BCUT2D eigenvalue weighted by Gasteiger charge is 2.28. The summed E-state index contributed by atoms with van der Waals surface area (Å²) in [6.45, 7) is 0. The molecule has 0 saturated heterocycles. The van der Waals surface area contributed by atoms with Crippen molar-refractivity contribution in [3.05, 3.63) is 67.7 Å². The quantitative estimate of drug-likeness (QED) is 0.456. The highest BCUT2D eigenvalue weighted by Crippen LogP contribution is 2.30. The first-order valence-electron chi connectivity index (χ1n) is 5.83. The van der Waals surface area contributed by atoms with Gasteiger partial charge < -0.3 is 4.18 Å². The number of hydrogen-bond acceptors (Lipinski definition) is 7. The molecule has 0 bridgehead atoms. The van der Waals surface area contributed by atoms with Crippen LogP contribution in [0.4, 0.5) is 11.4 Å². The maximum absolute atomic E-state index is 12.2. The molecule has 0 N–H and O–H groups in total. The molecule has 0 unspecified atom stereocenters. The van der Waals surface area contributed by atoms with Gasteiger partial charge in [0.2, 0.25) is 0 Å². The molecule has 2 rings (SSSR count). The number of halogens is 1. The molecule has 0 aliphatic carbocycles. The van der Waals surface area contributed by atoms with E-state index in [4.69, 9.17) is 15.8 Å². The average Bonchev–Trinajstić information content (AvgIpc) is 2.46. The second-order valence-corrected chi connectivity index (χ2v) is 6.11. The highest BCUT2D eigenvalue weighted by molar-refractivity contribution is 7.87. The van der Waals surface area contributed by atoms with Crippen LogP contribution in [0.1, 0.15) is 0 Å². The van der Waals surface area contributed by atoms with E-state index in [2.05, 4.69) is 0 Å². The molecule has 2 aromatic carbocycles. The van der Waals surface area contributed by atoms with Gasteiger partial charge in [-0.25, -0.2) is 0 Å². The fourth-order valence-electron chi connectivity index (χ4n) is 1.66. The van der Waals surface area contributed by atoms with Crippen LogP contribution >= 0.6 is 11.6 Å². The van der Waals surface area contributed by atoms with Crippen LogP contribution in [0, 0.1) is 20.2 Å². The molecule has 0 heterocycles.